The lowest BCUT2D eigenvalue weighted by molar-refractivity contribution is 0.0498. The van der Waals surface area contributed by atoms with Crippen molar-refractivity contribution in [1.29, 1.82) is 0 Å². The first-order valence-electron chi connectivity index (χ1n) is 6.07. The highest BCUT2D eigenvalue weighted by molar-refractivity contribution is 7.78. The first-order valence-corrected chi connectivity index (χ1v) is 6.51. The van der Waals surface area contributed by atoms with Crippen LogP contribution in [-0.4, -0.2) is 17.7 Å². The molecule has 1 aromatic rings. The van der Waals surface area contributed by atoms with Gasteiger partial charge in [0.25, 0.3) is 0 Å². The van der Waals surface area contributed by atoms with Gasteiger partial charge in [0.2, 0.25) is 0 Å². The Hall–Kier alpha value is -1.89. The van der Waals surface area contributed by atoms with Gasteiger partial charge in [0.15, 0.2) is 0 Å². The predicted octanol–water partition coefficient (Wildman–Crippen LogP) is 2.35. The largest absolute Gasteiger partial charge is 0.444 e. The maximum atomic E-state index is 11.8. The van der Waals surface area contributed by atoms with Gasteiger partial charge >= 0.3 is 12.1 Å². The zero-order chi connectivity index (χ0) is 15.2. The molecule has 6 nitrogen and oxygen atoms in total. The van der Waals surface area contributed by atoms with Crippen molar-refractivity contribution in [2.24, 2.45) is 0 Å². The number of carbonyl (C=O) groups is 2. The average molecular weight is 297 g/mol. The maximum absolute atomic E-state index is 11.8. The van der Waals surface area contributed by atoms with Crippen molar-refractivity contribution in [3.05, 3.63) is 35.9 Å². The number of urea groups is 1. The summed E-state index contributed by atoms with van der Waals surface area (Å²) in [5.74, 6) is 0. The molecular weight excluding hydrogens is 278 g/mol. The number of ether oxygens (including phenoxy) is 1. The van der Waals surface area contributed by atoms with Gasteiger partial charge in [-0.25, -0.2) is 9.59 Å². The molecule has 1 atom stereocenters. The third kappa shape index (κ3) is 5.83. The summed E-state index contributed by atoms with van der Waals surface area (Å²) in [7, 11) is 0. The summed E-state index contributed by atoms with van der Waals surface area (Å²) in [4.78, 5) is 23.2. The van der Waals surface area contributed by atoms with E-state index in [4.69, 9.17) is 4.74 Å². The van der Waals surface area contributed by atoms with Crippen molar-refractivity contribution >= 4 is 24.9 Å². The van der Waals surface area contributed by atoms with Crippen LogP contribution in [0.1, 0.15) is 32.5 Å². The van der Waals surface area contributed by atoms with E-state index in [9.17, 15) is 9.59 Å². The number of hydrogen-bond donors (Lipinski definition) is 4. The Morgan fingerprint density at radius 2 is 1.75 bits per heavy atom. The molecule has 0 spiro atoms. The van der Waals surface area contributed by atoms with Crippen LogP contribution in [0.3, 0.4) is 0 Å². The van der Waals surface area contributed by atoms with Crippen LogP contribution in [-0.2, 0) is 4.74 Å². The number of rotatable bonds is 3. The molecule has 1 rings (SSSR count). The lowest BCUT2D eigenvalue weighted by Gasteiger charge is -2.24. The lowest BCUT2D eigenvalue weighted by Crippen LogP contribution is -2.45. The van der Waals surface area contributed by atoms with E-state index in [0.29, 0.717) is 0 Å². The average Bonchev–Trinajstić information content (AvgIpc) is 2.36. The molecule has 3 amide bonds. The van der Waals surface area contributed by atoms with Gasteiger partial charge in [-0.15, -0.1) is 0 Å². The molecule has 0 radical (unpaired) electrons. The number of hydrogen-bond acceptors (Lipinski definition) is 4. The van der Waals surface area contributed by atoms with E-state index < -0.39 is 23.9 Å². The SMILES string of the molecule is CC(C)(C)OC(=O)NC(NC(=O)NS)c1ccccc1. The lowest BCUT2D eigenvalue weighted by atomic mass is 10.2. The fourth-order valence-corrected chi connectivity index (χ4v) is 1.50. The minimum absolute atomic E-state index is 0.529. The third-order valence-electron chi connectivity index (χ3n) is 2.17. The van der Waals surface area contributed by atoms with Crippen molar-refractivity contribution in [3.63, 3.8) is 0 Å². The molecule has 1 aromatic carbocycles. The summed E-state index contributed by atoms with van der Waals surface area (Å²) in [6.07, 6.45) is -1.33. The first kappa shape index (κ1) is 16.2. The molecule has 0 aliphatic carbocycles. The highest BCUT2D eigenvalue weighted by Gasteiger charge is 2.21. The second-order valence-electron chi connectivity index (χ2n) is 5.08. The van der Waals surface area contributed by atoms with E-state index in [-0.39, 0.29) is 0 Å². The summed E-state index contributed by atoms with van der Waals surface area (Å²) in [5.41, 5.74) is 0.104. The monoisotopic (exact) mass is 297 g/mol. The Bertz CT molecular complexity index is 460. The van der Waals surface area contributed by atoms with Crippen LogP contribution in [0.15, 0.2) is 30.3 Å². The van der Waals surface area contributed by atoms with Crippen LogP contribution in [0.2, 0.25) is 0 Å². The van der Waals surface area contributed by atoms with E-state index in [1.165, 1.54) is 0 Å². The number of carbonyl (C=O) groups excluding carboxylic acids is 2. The normalized spacial score (nSPS) is 12.2. The smallest absolute Gasteiger partial charge is 0.409 e. The summed E-state index contributed by atoms with van der Waals surface area (Å²) in [6, 6.07) is 8.48. The molecule has 0 fully saturated rings. The number of amides is 3. The zero-order valence-electron chi connectivity index (χ0n) is 11.6. The summed E-state index contributed by atoms with van der Waals surface area (Å²) in [5, 5.41) is 5.15. The van der Waals surface area contributed by atoms with Crippen molar-refractivity contribution in [1.82, 2.24) is 15.4 Å². The van der Waals surface area contributed by atoms with Crippen LogP contribution in [0.5, 0.6) is 0 Å². The van der Waals surface area contributed by atoms with Crippen molar-refractivity contribution < 1.29 is 14.3 Å². The molecule has 0 aliphatic heterocycles. The van der Waals surface area contributed by atoms with Gasteiger partial charge in [-0.1, -0.05) is 43.1 Å². The van der Waals surface area contributed by atoms with Gasteiger partial charge in [0.1, 0.15) is 11.8 Å². The molecule has 0 saturated heterocycles. The van der Waals surface area contributed by atoms with Gasteiger partial charge in [0, 0.05) is 0 Å². The number of benzene rings is 1. The molecule has 0 heterocycles. The number of thiol groups is 1. The molecule has 20 heavy (non-hydrogen) atoms. The van der Waals surface area contributed by atoms with Crippen molar-refractivity contribution in [2.45, 2.75) is 32.5 Å². The maximum Gasteiger partial charge on any atom is 0.409 e. The minimum Gasteiger partial charge on any atom is -0.444 e. The predicted molar refractivity (Wildman–Crippen MR) is 79.2 cm³/mol. The molecule has 0 aliphatic rings. The molecule has 0 saturated carbocycles. The van der Waals surface area contributed by atoms with Crippen LogP contribution < -0.4 is 15.4 Å². The highest BCUT2D eigenvalue weighted by Crippen LogP contribution is 2.12. The Morgan fingerprint density at radius 1 is 1.15 bits per heavy atom. The van der Waals surface area contributed by atoms with Gasteiger partial charge in [0.05, 0.1) is 0 Å². The van der Waals surface area contributed by atoms with Crippen LogP contribution in [0.4, 0.5) is 9.59 Å². The van der Waals surface area contributed by atoms with Crippen molar-refractivity contribution in [2.75, 3.05) is 0 Å². The topological polar surface area (TPSA) is 79.5 Å². The van der Waals surface area contributed by atoms with Crippen LogP contribution in [0.25, 0.3) is 0 Å². The Balaban J connectivity index is 2.78. The van der Waals surface area contributed by atoms with E-state index in [0.717, 1.165) is 5.56 Å². The molecular formula is C13H19N3O3S. The quantitative estimate of drug-likeness (QED) is 0.511. The molecule has 7 heteroatoms. The van der Waals surface area contributed by atoms with Crippen LogP contribution >= 0.6 is 12.8 Å². The molecule has 0 aromatic heterocycles. The van der Waals surface area contributed by atoms with Crippen molar-refractivity contribution in [3.8, 4) is 0 Å². The van der Waals surface area contributed by atoms with Gasteiger partial charge in [-0.2, -0.15) is 0 Å². The van der Waals surface area contributed by atoms with E-state index in [1.54, 1.807) is 45.0 Å². The zero-order valence-corrected chi connectivity index (χ0v) is 12.5. The highest BCUT2D eigenvalue weighted by atomic mass is 32.1. The minimum atomic E-state index is -0.710. The molecule has 110 valence electrons. The first-order chi connectivity index (χ1) is 9.31. The molecule has 0 bridgehead atoms. The molecule has 1 unspecified atom stereocenters. The summed E-state index contributed by atoms with van der Waals surface area (Å²) < 4.78 is 7.30. The van der Waals surface area contributed by atoms with E-state index in [2.05, 4.69) is 28.2 Å². The summed E-state index contributed by atoms with van der Waals surface area (Å²) >= 11 is 3.66. The van der Waals surface area contributed by atoms with E-state index in [1.807, 2.05) is 6.07 Å². The fraction of sp³-hybridized carbons (Fsp3) is 0.385. The standard InChI is InChI=1S/C13H19N3O3S/c1-13(2,3)19-12(18)15-10(14-11(17)16-20)9-7-5-4-6-8-9/h4-8,10,20H,1-3H3,(H,15,18)(H2,14,16,17). The number of nitrogens with one attached hydrogen (secondary N) is 3. The molecule has 3 N–H and O–H groups in total. The fourth-order valence-electron chi connectivity index (χ4n) is 1.44. The van der Waals surface area contributed by atoms with E-state index >= 15 is 0 Å². The van der Waals surface area contributed by atoms with Crippen LogP contribution in [0, 0.1) is 0 Å². The van der Waals surface area contributed by atoms with Gasteiger partial charge in [-0.05, 0) is 26.3 Å². The number of alkyl carbamates (subject to hydrolysis) is 1. The Kier molecular flexibility index (Phi) is 5.69. The Labute approximate surface area is 123 Å². The van der Waals surface area contributed by atoms with Gasteiger partial charge < -0.3 is 10.1 Å². The second kappa shape index (κ2) is 7.04. The Morgan fingerprint density at radius 3 is 2.25 bits per heavy atom. The summed E-state index contributed by atoms with van der Waals surface area (Å²) in [6.45, 7) is 5.29. The third-order valence-corrected chi connectivity index (χ3v) is 2.37. The van der Waals surface area contributed by atoms with Gasteiger partial charge in [-0.3, -0.25) is 10.0 Å². The second-order valence-corrected chi connectivity index (χ2v) is 5.30.